The zero-order valence-corrected chi connectivity index (χ0v) is 30.8. The lowest BCUT2D eigenvalue weighted by atomic mass is 10.1. The van der Waals surface area contributed by atoms with E-state index in [0.717, 1.165) is 33.6 Å². The van der Waals surface area contributed by atoms with Gasteiger partial charge in [-0.1, -0.05) is 93.9 Å². The number of hydrogen-bond donors (Lipinski definition) is 0. The third kappa shape index (κ3) is 8.69. The van der Waals surface area contributed by atoms with E-state index in [4.69, 9.17) is 9.47 Å². The lowest BCUT2D eigenvalue weighted by Gasteiger charge is -2.10. The molecule has 0 saturated carbocycles. The molecule has 8 heteroatoms. The molecule has 0 aliphatic carbocycles. The van der Waals surface area contributed by atoms with Crippen LogP contribution in [0.4, 0.5) is 0 Å². The number of methoxy groups -OCH3 is 1. The average molecular weight is 707 g/mol. The predicted octanol–water partition coefficient (Wildman–Crippen LogP) is 10.8. The molecule has 0 aliphatic rings. The Morgan fingerprint density at radius 1 is 0.360 bits per heavy atom. The highest BCUT2D eigenvalue weighted by Gasteiger charge is 2.19. The minimum absolute atomic E-state index is 0.146. The Morgan fingerprint density at radius 3 is 0.920 bits per heavy atom. The van der Waals surface area contributed by atoms with Crippen molar-refractivity contribution in [2.45, 2.75) is 54.2 Å². The lowest BCUT2D eigenvalue weighted by Crippen LogP contribution is -2.02. The van der Waals surface area contributed by atoms with Crippen LogP contribution < -0.4 is 9.47 Å². The van der Waals surface area contributed by atoms with Gasteiger partial charge in [0.15, 0.2) is 0 Å². The molecule has 0 radical (unpaired) electrons. The third-order valence-corrected chi connectivity index (χ3v) is 11.2. The van der Waals surface area contributed by atoms with E-state index in [-0.39, 0.29) is 19.6 Å². The highest BCUT2D eigenvalue weighted by Crippen LogP contribution is 2.31. The molecular weight excluding hydrogens is 665 g/mol. The summed E-state index contributed by atoms with van der Waals surface area (Å²) in [6.45, 7) is 9.90. The topological polar surface area (TPSA) is 86.7 Å². The molecule has 6 rings (SSSR count). The van der Waals surface area contributed by atoms with Crippen molar-refractivity contribution in [1.29, 1.82) is 0 Å². The largest absolute Gasteiger partial charge is 0.497 e. The first-order chi connectivity index (χ1) is 24.1. The SMILES string of the molecule is CC.CC.COc1ccc(-c2ccc(Oc3ccc(S(=O)(=O)c4ccc(-c5ccc(S(=O)(=O)c6ccc(C)cc6)cc5)cc4)cc3)cc2)cc1. The van der Waals surface area contributed by atoms with Crippen molar-refractivity contribution >= 4 is 19.7 Å². The first kappa shape index (κ1) is 37.6. The average Bonchev–Trinajstić information content (AvgIpc) is 3.17. The quantitative estimate of drug-likeness (QED) is 0.149. The Balaban J connectivity index is 0.00000136. The molecule has 0 saturated heterocycles. The Kier molecular flexibility index (Phi) is 12.8. The van der Waals surface area contributed by atoms with Gasteiger partial charge in [-0.05, 0) is 114 Å². The number of benzene rings is 6. The molecule has 0 spiro atoms. The van der Waals surface area contributed by atoms with E-state index in [1.54, 1.807) is 92.0 Å². The van der Waals surface area contributed by atoms with E-state index in [2.05, 4.69) is 0 Å². The summed E-state index contributed by atoms with van der Waals surface area (Å²) >= 11 is 0. The van der Waals surface area contributed by atoms with Gasteiger partial charge in [0, 0.05) is 0 Å². The first-order valence-corrected chi connectivity index (χ1v) is 19.4. The van der Waals surface area contributed by atoms with Crippen molar-refractivity contribution in [3.05, 3.63) is 151 Å². The smallest absolute Gasteiger partial charge is 0.206 e. The first-order valence-electron chi connectivity index (χ1n) is 16.4. The van der Waals surface area contributed by atoms with Gasteiger partial charge in [-0.3, -0.25) is 0 Å². The van der Waals surface area contributed by atoms with Crippen molar-refractivity contribution in [2.24, 2.45) is 0 Å². The van der Waals surface area contributed by atoms with Gasteiger partial charge < -0.3 is 9.47 Å². The van der Waals surface area contributed by atoms with Crippen molar-refractivity contribution in [1.82, 2.24) is 0 Å². The molecule has 0 unspecified atom stereocenters. The lowest BCUT2D eigenvalue weighted by molar-refractivity contribution is 0.415. The predicted molar refractivity (Wildman–Crippen MR) is 202 cm³/mol. The van der Waals surface area contributed by atoms with Gasteiger partial charge in [0.05, 0.1) is 26.7 Å². The summed E-state index contributed by atoms with van der Waals surface area (Å²) in [5.41, 5.74) is 4.60. The molecule has 0 atom stereocenters. The second-order valence-corrected chi connectivity index (χ2v) is 14.6. The Morgan fingerprint density at radius 2 is 0.600 bits per heavy atom. The standard InChI is InChI=1S/C38H30O6S2.2C2H6/c1-27-3-19-35(20-4-27)45(39,40)36-21-9-30(10-22-36)31-11-23-37(24-12-31)46(41,42)38-25-17-34(18-26-38)44-33-15-7-29(8-16-33)28-5-13-32(43-2)14-6-28;2*1-2/h3-26H,1-2H3;2*1-2H3. The molecule has 0 fully saturated rings. The van der Waals surface area contributed by atoms with Gasteiger partial charge in [-0.25, -0.2) is 16.8 Å². The summed E-state index contributed by atoms with van der Waals surface area (Å²) in [6, 6.07) is 41.6. The van der Waals surface area contributed by atoms with E-state index < -0.39 is 19.7 Å². The van der Waals surface area contributed by atoms with Gasteiger partial charge in [0.25, 0.3) is 0 Å². The fourth-order valence-corrected chi connectivity index (χ4v) is 7.49. The molecule has 6 aromatic carbocycles. The highest BCUT2D eigenvalue weighted by molar-refractivity contribution is 7.91. The summed E-state index contributed by atoms with van der Waals surface area (Å²) in [5, 5.41) is 0. The fraction of sp³-hybridized carbons (Fsp3) is 0.143. The van der Waals surface area contributed by atoms with Gasteiger partial charge in [0.1, 0.15) is 17.2 Å². The zero-order chi connectivity index (χ0) is 36.3. The van der Waals surface area contributed by atoms with Gasteiger partial charge >= 0.3 is 0 Å². The Bertz CT molecular complexity index is 2170. The number of ether oxygens (including phenoxy) is 2. The molecule has 0 heterocycles. The maximum Gasteiger partial charge on any atom is 0.206 e. The van der Waals surface area contributed by atoms with Crippen molar-refractivity contribution in [3.8, 4) is 39.5 Å². The summed E-state index contributed by atoms with van der Waals surface area (Å²) < 4.78 is 63.9. The number of sulfone groups is 2. The van der Waals surface area contributed by atoms with Crippen LogP contribution in [-0.4, -0.2) is 23.9 Å². The molecule has 258 valence electrons. The molecule has 0 aliphatic heterocycles. The minimum atomic E-state index is -3.77. The van der Waals surface area contributed by atoms with E-state index in [1.165, 1.54) is 12.1 Å². The monoisotopic (exact) mass is 706 g/mol. The van der Waals surface area contributed by atoms with Gasteiger partial charge in [-0.15, -0.1) is 0 Å². The van der Waals surface area contributed by atoms with Crippen LogP contribution in [0.3, 0.4) is 0 Å². The van der Waals surface area contributed by atoms with E-state index in [0.29, 0.717) is 11.5 Å². The third-order valence-electron chi connectivity index (χ3n) is 7.64. The van der Waals surface area contributed by atoms with Crippen LogP contribution in [0.2, 0.25) is 0 Å². The molecule has 6 nitrogen and oxygen atoms in total. The zero-order valence-electron chi connectivity index (χ0n) is 29.1. The molecule has 0 bridgehead atoms. The Labute approximate surface area is 296 Å². The maximum absolute atomic E-state index is 13.4. The van der Waals surface area contributed by atoms with Gasteiger partial charge in [0.2, 0.25) is 19.7 Å². The van der Waals surface area contributed by atoms with Crippen LogP contribution in [0.15, 0.2) is 165 Å². The van der Waals surface area contributed by atoms with Crippen LogP contribution in [0.25, 0.3) is 22.3 Å². The minimum Gasteiger partial charge on any atom is -0.497 e. The highest BCUT2D eigenvalue weighted by atomic mass is 32.2. The second-order valence-electron chi connectivity index (χ2n) is 10.7. The van der Waals surface area contributed by atoms with Crippen LogP contribution >= 0.6 is 0 Å². The van der Waals surface area contributed by atoms with Gasteiger partial charge in [-0.2, -0.15) is 0 Å². The molecular formula is C42H42O6S2. The van der Waals surface area contributed by atoms with Crippen LogP contribution in [0.1, 0.15) is 33.3 Å². The summed E-state index contributed by atoms with van der Waals surface area (Å²) in [5.74, 6) is 1.94. The molecule has 0 aromatic heterocycles. The second kappa shape index (κ2) is 17.0. The van der Waals surface area contributed by atoms with Crippen molar-refractivity contribution < 1.29 is 26.3 Å². The normalized spacial score (nSPS) is 10.9. The van der Waals surface area contributed by atoms with Crippen molar-refractivity contribution in [3.63, 3.8) is 0 Å². The van der Waals surface area contributed by atoms with Crippen LogP contribution in [0, 0.1) is 6.92 Å². The number of hydrogen-bond acceptors (Lipinski definition) is 6. The molecule has 50 heavy (non-hydrogen) atoms. The van der Waals surface area contributed by atoms with Crippen LogP contribution in [-0.2, 0) is 19.7 Å². The summed E-state index contributed by atoms with van der Waals surface area (Å²) in [7, 11) is -5.78. The van der Waals surface area contributed by atoms with Crippen molar-refractivity contribution in [2.75, 3.05) is 7.11 Å². The summed E-state index contributed by atoms with van der Waals surface area (Å²) in [4.78, 5) is 0.724. The van der Waals surface area contributed by atoms with Crippen LogP contribution in [0.5, 0.6) is 17.2 Å². The fourth-order valence-electron chi connectivity index (χ4n) is 4.96. The molecule has 6 aromatic rings. The number of rotatable bonds is 9. The molecule has 0 amide bonds. The summed E-state index contributed by atoms with van der Waals surface area (Å²) in [6.07, 6.45) is 0. The molecule has 0 N–H and O–H groups in total. The van der Waals surface area contributed by atoms with E-state index in [9.17, 15) is 16.8 Å². The number of aryl methyl sites for hydroxylation is 1. The Hall–Kier alpha value is -5.18. The maximum atomic E-state index is 13.4. The van der Waals surface area contributed by atoms with E-state index >= 15 is 0 Å². The van der Waals surface area contributed by atoms with E-state index in [1.807, 2.05) is 83.1 Å².